The van der Waals surface area contributed by atoms with Gasteiger partial charge in [0.1, 0.15) is 17.6 Å². The van der Waals surface area contributed by atoms with E-state index in [0.717, 1.165) is 11.9 Å². The summed E-state index contributed by atoms with van der Waals surface area (Å²) in [6.45, 7) is 0.288. The molecule has 0 aromatic carbocycles. The third kappa shape index (κ3) is 3.31. The van der Waals surface area contributed by atoms with Crippen molar-refractivity contribution in [2.24, 2.45) is 0 Å². The van der Waals surface area contributed by atoms with E-state index >= 15 is 0 Å². The Kier molecular flexibility index (Phi) is 4.43. The van der Waals surface area contributed by atoms with Crippen LogP contribution in [0, 0.1) is 10.1 Å². The average molecular weight is 307 g/mol. The lowest BCUT2D eigenvalue weighted by molar-refractivity contribution is -0.385. The SMILES string of the molecule is CNc1cc(C(=O)N(C)Cc2cscn2)c([N+](=O)[O-])cn1. The summed E-state index contributed by atoms with van der Waals surface area (Å²) < 4.78 is 0. The van der Waals surface area contributed by atoms with Gasteiger partial charge in [-0.05, 0) is 0 Å². The molecule has 110 valence electrons. The fraction of sp³-hybridized carbons (Fsp3) is 0.250. The number of anilines is 1. The van der Waals surface area contributed by atoms with E-state index in [2.05, 4.69) is 15.3 Å². The molecule has 0 spiro atoms. The van der Waals surface area contributed by atoms with Crippen LogP contribution in [0.3, 0.4) is 0 Å². The van der Waals surface area contributed by atoms with E-state index < -0.39 is 10.8 Å². The number of rotatable bonds is 5. The second-order valence-electron chi connectivity index (χ2n) is 4.23. The van der Waals surface area contributed by atoms with E-state index in [4.69, 9.17) is 0 Å². The molecule has 8 nitrogen and oxygen atoms in total. The molecule has 2 aromatic heterocycles. The lowest BCUT2D eigenvalue weighted by atomic mass is 10.2. The van der Waals surface area contributed by atoms with Gasteiger partial charge in [-0.3, -0.25) is 14.9 Å². The minimum atomic E-state index is -0.615. The zero-order chi connectivity index (χ0) is 15.4. The molecule has 0 aliphatic heterocycles. The maximum atomic E-state index is 12.4. The monoisotopic (exact) mass is 307 g/mol. The molecule has 9 heteroatoms. The van der Waals surface area contributed by atoms with Crippen LogP contribution in [-0.2, 0) is 6.54 Å². The molecule has 2 aromatic rings. The zero-order valence-electron chi connectivity index (χ0n) is 11.4. The van der Waals surface area contributed by atoms with E-state index in [1.807, 2.05) is 5.38 Å². The number of amides is 1. The molecular formula is C12H13N5O3S. The molecular weight excluding hydrogens is 294 g/mol. The maximum absolute atomic E-state index is 12.4. The molecule has 21 heavy (non-hydrogen) atoms. The van der Waals surface area contributed by atoms with Crippen LogP contribution >= 0.6 is 11.3 Å². The third-order valence-electron chi connectivity index (χ3n) is 2.80. The van der Waals surface area contributed by atoms with Gasteiger partial charge < -0.3 is 10.2 Å². The summed E-state index contributed by atoms with van der Waals surface area (Å²) in [6.07, 6.45) is 1.08. The van der Waals surface area contributed by atoms with E-state index in [1.54, 1.807) is 19.6 Å². The second-order valence-corrected chi connectivity index (χ2v) is 4.95. The molecule has 0 saturated carbocycles. The number of pyridine rings is 1. The van der Waals surface area contributed by atoms with Gasteiger partial charge >= 0.3 is 0 Å². The summed E-state index contributed by atoms with van der Waals surface area (Å²) >= 11 is 1.43. The Morgan fingerprint density at radius 3 is 2.86 bits per heavy atom. The van der Waals surface area contributed by atoms with Crippen molar-refractivity contribution >= 4 is 28.7 Å². The number of nitrogens with one attached hydrogen (secondary N) is 1. The number of hydrogen-bond acceptors (Lipinski definition) is 7. The molecule has 0 radical (unpaired) electrons. The van der Waals surface area contributed by atoms with Crippen molar-refractivity contribution in [2.75, 3.05) is 19.4 Å². The van der Waals surface area contributed by atoms with Gasteiger partial charge in [-0.25, -0.2) is 9.97 Å². The Morgan fingerprint density at radius 1 is 1.52 bits per heavy atom. The topological polar surface area (TPSA) is 101 Å². The van der Waals surface area contributed by atoms with Crippen molar-refractivity contribution in [3.63, 3.8) is 0 Å². The normalized spacial score (nSPS) is 10.2. The van der Waals surface area contributed by atoms with E-state index in [1.165, 1.54) is 22.3 Å². The smallest absolute Gasteiger partial charge is 0.300 e. The van der Waals surface area contributed by atoms with Gasteiger partial charge in [-0.2, -0.15) is 0 Å². The van der Waals surface area contributed by atoms with Gasteiger partial charge in [-0.15, -0.1) is 11.3 Å². The van der Waals surface area contributed by atoms with Crippen molar-refractivity contribution in [1.82, 2.24) is 14.9 Å². The minimum absolute atomic E-state index is 0.00270. The predicted octanol–water partition coefficient (Wildman–Crippen LogP) is 1.76. The highest BCUT2D eigenvalue weighted by atomic mass is 32.1. The molecule has 0 atom stereocenters. The van der Waals surface area contributed by atoms with Crippen molar-refractivity contribution in [1.29, 1.82) is 0 Å². The van der Waals surface area contributed by atoms with Crippen molar-refractivity contribution in [3.8, 4) is 0 Å². The van der Waals surface area contributed by atoms with Gasteiger partial charge in [0, 0.05) is 25.5 Å². The fourth-order valence-corrected chi connectivity index (χ4v) is 2.29. The Hall–Kier alpha value is -2.55. The summed E-state index contributed by atoms with van der Waals surface area (Å²) in [4.78, 5) is 32.2. The molecule has 1 N–H and O–H groups in total. The van der Waals surface area contributed by atoms with Crippen LogP contribution in [0.4, 0.5) is 11.5 Å². The van der Waals surface area contributed by atoms with Crippen LogP contribution < -0.4 is 5.32 Å². The van der Waals surface area contributed by atoms with Crippen molar-refractivity contribution in [3.05, 3.63) is 44.5 Å². The first-order chi connectivity index (χ1) is 10.0. The number of nitro groups is 1. The highest BCUT2D eigenvalue weighted by Gasteiger charge is 2.24. The van der Waals surface area contributed by atoms with E-state index in [0.29, 0.717) is 5.82 Å². The van der Waals surface area contributed by atoms with Crippen LogP contribution in [0.15, 0.2) is 23.2 Å². The van der Waals surface area contributed by atoms with Gasteiger partial charge in [-0.1, -0.05) is 0 Å². The molecule has 0 saturated heterocycles. The van der Waals surface area contributed by atoms with E-state index in [9.17, 15) is 14.9 Å². The quantitative estimate of drug-likeness (QED) is 0.667. The number of carbonyl (C=O) groups excluding carboxylic acids is 1. The molecule has 2 rings (SSSR count). The number of aromatic nitrogens is 2. The lowest BCUT2D eigenvalue weighted by Gasteiger charge is -2.16. The first kappa shape index (κ1) is 14.9. The minimum Gasteiger partial charge on any atom is -0.373 e. The Morgan fingerprint density at radius 2 is 2.29 bits per heavy atom. The Labute approximate surface area is 124 Å². The van der Waals surface area contributed by atoms with Gasteiger partial charge in [0.2, 0.25) is 0 Å². The molecule has 2 heterocycles. The number of thiazole rings is 1. The molecule has 0 fully saturated rings. The van der Waals surface area contributed by atoms with Crippen LogP contribution in [0.25, 0.3) is 0 Å². The van der Waals surface area contributed by atoms with Gasteiger partial charge in [0.05, 0.1) is 22.7 Å². The average Bonchev–Trinajstić information content (AvgIpc) is 2.98. The highest BCUT2D eigenvalue weighted by molar-refractivity contribution is 7.07. The van der Waals surface area contributed by atoms with E-state index in [-0.39, 0.29) is 17.8 Å². The van der Waals surface area contributed by atoms with Crippen LogP contribution in [0.2, 0.25) is 0 Å². The molecule has 0 bridgehead atoms. The third-order valence-corrected chi connectivity index (χ3v) is 3.43. The summed E-state index contributed by atoms with van der Waals surface area (Å²) in [5.74, 6) is -0.0559. The van der Waals surface area contributed by atoms with Gasteiger partial charge in [0.25, 0.3) is 11.6 Å². The van der Waals surface area contributed by atoms with Crippen molar-refractivity contribution < 1.29 is 9.72 Å². The number of hydrogen-bond donors (Lipinski definition) is 1. The Bertz CT molecular complexity index is 659. The lowest BCUT2D eigenvalue weighted by Crippen LogP contribution is -2.27. The predicted molar refractivity (Wildman–Crippen MR) is 78.3 cm³/mol. The fourth-order valence-electron chi connectivity index (χ4n) is 1.74. The zero-order valence-corrected chi connectivity index (χ0v) is 12.3. The number of nitrogens with zero attached hydrogens (tertiary/aromatic N) is 4. The number of carbonyl (C=O) groups is 1. The van der Waals surface area contributed by atoms with Crippen LogP contribution in [-0.4, -0.2) is 39.8 Å². The summed E-state index contributed by atoms with van der Waals surface area (Å²) in [6, 6.07) is 1.37. The van der Waals surface area contributed by atoms with Crippen LogP contribution in [0.1, 0.15) is 16.1 Å². The Balaban J connectivity index is 2.30. The summed E-state index contributed by atoms with van der Waals surface area (Å²) in [7, 11) is 3.20. The molecule has 0 aliphatic rings. The standard InChI is InChI=1S/C12H13N5O3S/c1-13-11-3-9(10(4-14-11)17(19)20)12(18)16(2)5-8-6-21-7-15-8/h3-4,6-7H,5H2,1-2H3,(H,13,14). The summed E-state index contributed by atoms with van der Waals surface area (Å²) in [5.41, 5.74) is 2.09. The van der Waals surface area contributed by atoms with Crippen LogP contribution in [0.5, 0.6) is 0 Å². The first-order valence-corrected chi connectivity index (χ1v) is 6.92. The largest absolute Gasteiger partial charge is 0.373 e. The second kappa shape index (κ2) is 6.27. The van der Waals surface area contributed by atoms with Gasteiger partial charge in [0.15, 0.2) is 0 Å². The molecule has 0 aliphatic carbocycles. The molecule has 1 amide bonds. The summed E-state index contributed by atoms with van der Waals surface area (Å²) in [5, 5.41) is 15.6. The molecule has 0 unspecified atom stereocenters. The maximum Gasteiger partial charge on any atom is 0.300 e. The van der Waals surface area contributed by atoms with Crippen molar-refractivity contribution in [2.45, 2.75) is 6.54 Å². The highest BCUT2D eigenvalue weighted by Crippen LogP contribution is 2.22. The first-order valence-electron chi connectivity index (χ1n) is 5.97.